The number of likely N-dealkylation sites (tertiary alicyclic amines) is 1. The fourth-order valence-corrected chi connectivity index (χ4v) is 3.14. The molecular formula is C19H19ClN2O2. The highest BCUT2D eigenvalue weighted by Gasteiger charge is 2.34. The van der Waals surface area contributed by atoms with Gasteiger partial charge in [-0.25, -0.2) is 0 Å². The molecule has 4 nitrogen and oxygen atoms in total. The van der Waals surface area contributed by atoms with Crippen molar-refractivity contribution in [1.82, 2.24) is 4.90 Å². The number of nitrogens with one attached hydrogen (secondary N) is 1. The molecule has 1 aliphatic heterocycles. The molecule has 1 N–H and O–H groups in total. The Kier molecular flexibility index (Phi) is 4.86. The zero-order chi connectivity index (χ0) is 17.1. The second-order valence-electron chi connectivity index (χ2n) is 6.13. The molecule has 3 rings (SSSR count). The zero-order valence-corrected chi connectivity index (χ0v) is 14.2. The van der Waals surface area contributed by atoms with Gasteiger partial charge in [-0.1, -0.05) is 48.0 Å². The minimum Gasteiger partial charge on any atom is -0.338 e. The van der Waals surface area contributed by atoms with Gasteiger partial charge in [0.2, 0.25) is 11.8 Å². The standard InChI is InChI=1S/C19H19ClN2O2/c1-13-7-8-17(16(20)9-13)21-19(24)15-10-18(23)22(12-15)11-14-5-3-2-4-6-14/h2-9,15H,10-12H2,1H3,(H,21,24). The van der Waals surface area contributed by atoms with Gasteiger partial charge in [-0.05, 0) is 30.2 Å². The molecule has 2 aromatic rings. The largest absolute Gasteiger partial charge is 0.338 e. The van der Waals surface area contributed by atoms with Crippen LogP contribution < -0.4 is 5.32 Å². The summed E-state index contributed by atoms with van der Waals surface area (Å²) in [6.07, 6.45) is 0.238. The number of carbonyl (C=O) groups is 2. The van der Waals surface area contributed by atoms with E-state index in [4.69, 9.17) is 11.6 Å². The third kappa shape index (κ3) is 3.77. The molecule has 0 spiro atoms. The summed E-state index contributed by atoms with van der Waals surface area (Å²) in [4.78, 5) is 26.4. The second kappa shape index (κ2) is 7.05. The van der Waals surface area contributed by atoms with Gasteiger partial charge in [0.1, 0.15) is 0 Å². The number of carbonyl (C=O) groups excluding carboxylic acids is 2. The Labute approximate surface area is 146 Å². The van der Waals surface area contributed by atoms with E-state index in [0.29, 0.717) is 23.8 Å². The van der Waals surface area contributed by atoms with E-state index in [-0.39, 0.29) is 24.2 Å². The lowest BCUT2D eigenvalue weighted by Gasteiger charge is -2.17. The maximum atomic E-state index is 12.4. The number of halogens is 1. The molecule has 1 aliphatic rings. The Hall–Kier alpha value is -2.33. The van der Waals surface area contributed by atoms with Gasteiger partial charge in [0.25, 0.3) is 0 Å². The van der Waals surface area contributed by atoms with Crippen LogP contribution in [0.25, 0.3) is 0 Å². The van der Waals surface area contributed by atoms with E-state index in [1.54, 1.807) is 17.0 Å². The van der Waals surface area contributed by atoms with Crippen molar-refractivity contribution in [2.75, 3.05) is 11.9 Å². The molecule has 0 aromatic heterocycles. The molecule has 24 heavy (non-hydrogen) atoms. The van der Waals surface area contributed by atoms with Gasteiger partial charge in [-0.2, -0.15) is 0 Å². The first-order valence-electron chi connectivity index (χ1n) is 7.91. The molecule has 1 fully saturated rings. The third-order valence-electron chi connectivity index (χ3n) is 4.18. The minimum absolute atomic E-state index is 0.00834. The molecule has 1 unspecified atom stereocenters. The molecule has 124 valence electrons. The van der Waals surface area contributed by atoms with Crippen LogP contribution in [0.15, 0.2) is 48.5 Å². The highest BCUT2D eigenvalue weighted by molar-refractivity contribution is 6.33. The average molecular weight is 343 g/mol. The summed E-state index contributed by atoms with van der Waals surface area (Å²) in [5.74, 6) is -0.503. The normalized spacial score (nSPS) is 17.2. The zero-order valence-electron chi connectivity index (χ0n) is 13.5. The van der Waals surface area contributed by atoms with Crippen molar-refractivity contribution in [1.29, 1.82) is 0 Å². The number of benzene rings is 2. The van der Waals surface area contributed by atoms with E-state index in [0.717, 1.165) is 11.1 Å². The summed E-state index contributed by atoms with van der Waals surface area (Å²) in [6, 6.07) is 15.3. The quantitative estimate of drug-likeness (QED) is 0.922. The van der Waals surface area contributed by atoms with Crippen LogP contribution in [0.3, 0.4) is 0 Å². The minimum atomic E-state index is -0.349. The topological polar surface area (TPSA) is 49.4 Å². The smallest absolute Gasteiger partial charge is 0.229 e. The molecule has 5 heteroatoms. The molecule has 1 saturated heterocycles. The lowest BCUT2D eigenvalue weighted by molar-refractivity contribution is -0.128. The third-order valence-corrected chi connectivity index (χ3v) is 4.50. The van der Waals surface area contributed by atoms with Gasteiger partial charge in [0, 0.05) is 19.5 Å². The number of hydrogen-bond donors (Lipinski definition) is 1. The first kappa shape index (κ1) is 16.5. The fraction of sp³-hybridized carbons (Fsp3) is 0.263. The summed E-state index contributed by atoms with van der Waals surface area (Å²) in [5.41, 5.74) is 2.68. The van der Waals surface area contributed by atoms with Crippen LogP contribution in [0.4, 0.5) is 5.69 Å². The second-order valence-corrected chi connectivity index (χ2v) is 6.54. The molecule has 2 aromatic carbocycles. The van der Waals surface area contributed by atoms with Crippen LogP contribution in [0.5, 0.6) is 0 Å². The number of nitrogens with zero attached hydrogens (tertiary/aromatic N) is 1. The van der Waals surface area contributed by atoms with E-state index < -0.39 is 0 Å². The number of hydrogen-bond acceptors (Lipinski definition) is 2. The van der Waals surface area contributed by atoms with Crippen molar-refractivity contribution in [3.63, 3.8) is 0 Å². The Bertz CT molecular complexity index is 761. The van der Waals surface area contributed by atoms with Crippen molar-refractivity contribution in [2.45, 2.75) is 19.9 Å². The van der Waals surface area contributed by atoms with Gasteiger partial charge in [-0.3, -0.25) is 9.59 Å². The predicted molar refractivity (Wildman–Crippen MR) is 94.8 cm³/mol. The van der Waals surface area contributed by atoms with Crippen LogP contribution >= 0.6 is 11.6 Å². The summed E-state index contributed by atoms with van der Waals surface area (Å²) in [7, 11) is 0. The monoisotopic (exact) mass is 342 g/mol. The Morgan fingerprint density at radius 1 is 1.25 bits per heavy atom. The van der Waals surface area contributed by atoms with Crippen molar-refractivity contribution in [3.05, 3.63) is 64.7 Å². The molecule has 0 aliphatic carbocycles. The van der Waals surface area contributed by atoms with E-state index >= 15 is 0 Å². The van der Waals surface area contributed by atoms with E-state index in [9.17, 15) is 9.59 Å². The van der Waals surface area contributed by atoms with Gasteiger partial charge in [0.05, 0.1) is 16.6 Å². The van der Waals surface area contributed by atoms with Gasteiger partial charge in [0.15, 0.2) is 0 Å². The number of anilines is 1. The van der Waals surface area contributed by atoms with E-state index in [1.807, 2.05) is 43.3 Å². The Morgan fingerprint density at radius 3 is 2.71 bits per heavy atom. The lowest BCUT2D eigenvalue weighted by Crippen LogP contribution is -2.28. The van der Waals surface area contributed by atoms with E-state index in [2.05, 4.69) is 5.32 Å². The van der Waals surface area contributed by atoms with Crippen LogP contribution in [-0.2, 0) is 16.1 Å². The lowest BCUT2D eigenvalue weighted by atomic mass is 10.1. The van der Waals surface area contributed by atoms with Crippen molar-refractivity contribution in [3.8, 4) is 0 Å². The van der Waals surface area contributed by atoms with Crippen LogP contribution in [0.1, 0.15) is 17.5 Å². The fourth-order valence-electron chi connectivity index (χ4n) is 2.86. The molecule has 1 heterocycles. The van der Waals surface area contributed by atoms with Crippen molar-refractivity contribution < 1.29 is 9.59 Å². The van der Waals surface area contributed by atoms with Crippen LogP contribution in [-0.4, -0.2) is 23.3 Å². The van der Waals surface area contributed by atoms with E-state index in [1.165, 1.54) is 0 Å². The summed E-state index contributed by atoms with van der Waals surface area (Å²) in [5, 5.41) is 3.34. The molecule has 1 atom stereocenters. The molecule has 2 amide bonds. The average Bonchev–Trinajstić information content (AvgIpc) is 2.92. The van der Waals surface area contributed by atoms with Crippen molar-refractivity contribution in [2.24, 2.45) is 5.92 Å². The van der Waals surface area contributed by atoms with Crippen LogP contribution in [0.2, 0.25) is 5.02 Å². The Balaban J connectivity index is 1.63. The predicted octanol–water partition coefficient (Wildman–Crippen LogP) is 3.64. The Morgan fingerprint density at radius 2 is 2.00 bits per heavy atom. The van der Waals surface area contributed by atoms with Crippen LogP contribution in [0, 0.1) is 12.8 Å². The number of amides is 2. The summed E-state index contributed by atoms with van der Waals surface area (Å²) < 4.78 is 0. The van der Waals surface area contributed by atoms with Gasteiger partial charge >= 0.3 is 0 Å². The summed E-state index contributed by atoms with van der Waals surface area (Å²) >= 11 is 6.15. The van der Waals surface area contributed by atoms with Gasteiger partial charge in [-0.15, -0.1) is 0 Å². The molecular weight excluding hydrogens is 324 g/mol. The van der Waals surface area contributed by atoms with Crippen molar-refractivity contribution >= 4 is 29.1 Å². The first-order valence-corrected chi connectivity index (χ1v) is 8.29. The maximum absolute atomic E-state index is 12.4. The SMILES string of the molecule is Cc1ccc(NC(=O)C2CC(=O)N(Cc3ccccc3)C2)c(Cl)c1. The first-order chi connectivity index (χ1) is 11.5. The highest BCUT2D eigenvalue weighted by Crippen LogP contribution is 2.26. The van der Waals surface area contributed by atoms with Gasteiger partial charge < -0.3 is 10.2 Å². The molecule has 0 radical (unpaired) electrons. The summed E-state index contributed by atoms with van der Waals surface area (Å²) in [6.45, 7) is 2.91. The molecule has 0 saturated carbocycles. The highest BCUT2D eigenvalue weighted by atomic mass is 35.5. The molecule has 0 bridgehead atoms. The maximum Gasteiger partial charge on any atom is 0.229 e. The number of rotatable bonds is 4. The number of aryl methyl sites for hydroxylation is 1.